The lowest BCUT2D eigenvalue weighted by atomic mass is 10.1. The smallest absolute Gasteiger partial charge is 0.387 e. The van der Waals surface area contributed by atoms with Gasteiger partial charge in [-0.2, -0.15) is 19.0 Å². The molecule has 2 amide bonds. The summed E-state index contributed by atoms with van der Waals surface area (Å²) in [7, 11) is 3.15. The molecule has 0 bridgehead atoms. The molecule has 0 unspecified atom stereocenters. The second kappa shape index (κ2) is 10.6. The molecule has 0 aliphatic carbocycles. The van der Waals surface area contributed by atoms with Crippen LogP contribution in [-0.2, 0) is 7.05 Å². The monoisotopic (exact) mass is 533 g/mol. The molecule has 13 heteroatoms. The first-order valence-corrected chi connectivity index (χ1v) is 11.5. The van der Waals surface area contributed by atoms with Crippen molar-refractivity contribution in [1.82, 2.24) is 29.7 Å². The third-order valence-electron chi connectivity index (χ3n) is 5.60. The molecule has 11 nitrogen and oxygen atoms in total. The van der Waals surface area contributed by atoms with E-state index in [2.05, 4.69) is 25.8 Å². The number of carbonyl (C=O) groups is 2. The Morgan fingerprint density at radius 2 is 1.82 bits per heavy atom. The van der Waals surface area contributed by atoms with Crippen molar-refractivity contribution >= 4 is 23.1 Å². The number of carbonyl (C=O) groups excluding carboxylic acids is 2. The molecular formula is C26H21F2N7O4. The topological polar surface area (TPSA) is 125 Å². The molecule has 0 atom stereocenters. The lowest BCUT2D eigenvalue weighted by Crippen LogP contribution is -2.17. The van der Waals surface area contributed by atoms with Crippen LogP contribution in [0.4, 0.5) is 14.5 Å². The summed E-state index contributed by atoms with van der Waals surface area (Å²) < 4.78 is 40.0. The highest BCUT2D eigenvalue weighted by Gasteiger charge is 2.22. The van der Waals surface area contributed by atoms with E-state index >= 15 is 0 Å². The number of rotatable bonds is 8. The number of ether oxygens (including phenoxy) is 2. The minimum absolute atomic E-state index is 0.156. The number of hydrogen-bond donors (Lipinski definition) is 2. The number of amides is 2. The highest BCUT2D eigenvalue weighted by atomic mass is 19.3. The molecule has 0 aliphatic rings. The second-order valence-electron chi connectivity index (χ2n) is 8.21. The fraction of sp³-hybridized carbons (Fsp3) is 0.115. The third kappa shape index (κ3) is 5.37. The summed E-state index contributed by atoms with van der Waals surface area (Å²) >= 11 is 0. The van der Waals surface area contributed by atoms with Gasteiger partial charge in [0, 0.05) is 38.2 Å². The summed E-state index contributed by atoms with van der Waals surface area (Å²) in [5, 5.41) is 13.8. The average Bonchev–Trinajstić information content (AvgIpc) is 3.52. The molecule has 0 fully saturated rings. The molecule has 3 heterocycles. The number of alkyl halides is 2. The highest BCUT2D eigenvalue weighted by molar-refractivity contribution is 6.09. The lowest BCUT2D eigenvalue weighted by Gasteiger charge is -2.13. The van der Waals surface area contributed by atoms with Gasteiger partial charge in [-0.05, 0) is 48.5 Å². The molecule has 2 N–H and O–H groups in total. The summed E-state index contributed by atoms with van der Waals surface area (Å²) in [5.41, 5.74) is 1.58. The SMILES string of the molecule is CNC(=O)c1ccc(Oc2ccc(OC(F)F)c(-c3nn(C)cc3NC(=O)c3cnn4cccnc34)c2)cc1. The molecule has 39 heavy (non-hydrogen) atoms. The van der Waals surface area contributed by atoms with Crippen molar-refractivity contribution in [3.05, 3.63) is 84.4 Å². The largest absolute Gasteiger partial charge is 0.457 e. The Labute approximate surface area is 220 Å². The maximum atomic E-state index is 13.2. The first-order chi connectivity index (χ1) is 18.8. The first-order valence-electron chi connectivity index (χ1n) is 11.5. The number of hydrogen-bond acceptors (Lipinski definition) is 7. The zero-order valence-electron chi connectivity index (χ0n) is 20.6. The summed E-state index contributed by atoms with van der Waals surface area (Å²) in [4.78, 5) is 29.1. The van der Waals surface area contributed by atoms with E-state index in [-0.39, 0.29) is 39.9 Å². The van der Waals surface area contributed by atoms with Crippen LogP contribution < -0.4 is 20.1 Å². The number of anilines is 1. The molecule has 3 aromatic heterocycles. The van der Waals surface area contributed by atoms with Crippen LogP contribution in [0.2, 0.25) is 0 Å². The molecular weight excluding hydrogens is 512 g/mol. The van der Waals surface area contributed by atoms with Crippen molar-refractivity contribution in [2.45, 2.75) is 6.61 Å². The fourth-order valence-corrected chi connectivity index (χ4v) is 3.87. The molecule has 5 aromatic rings. The van der Waals surface area contributed by atoms with Crippen LogP contribution in [0.15, 0.2) is 73.3 Å². The minimum atomic E-state index is -3.10. The molecule has 0 spiro atoms. The van der Waals surface area contributed by atoms with Crippen LogP contribution in [0.3, 0.4) is 0 Å². The molecule has 0 aliphatic heterocycles. The average molecular weight is 533 g/mol. The minimum Gasteiger partial charge on any atom is -0.457 e. The van der Waals surface area contributed by atoms with E-state index in [4.69, 9.17) is 9.47 Å². The van der Waals surface area contributed by atoms with Crippen LogP contribution in [0.5, 0.6) is 17.2 Å². The van der Waals surface area contributed by atoms with Gasteiger partial charge in [0.15, 0.2) is 5.65 Å². The molecule has 0 radical (unpaired) electrons. The van der Waals surface area contributed by atoms with Crippen molar-refractivity contribution in [3.8, 4) is 28.5 Å². The van der Waals surface area contributed by atoms with E-state index < -0.39 is 12.5 Å². The van der Waals surface area contributed by atoms with Gasteiger partial charge in [-0.3, -0.25) is 14.3 Å². The van der Waals surface area contributed by atoms with E-state index in [1.165, 1.54) is 53.0 Å². The first kappa shape index (κ1) is 25.3. The molecule has 0 saturated carbocycles. The fourth-order valence-electron chi connectivity index (χ4n) is 3.87. The van der Waals surface area contributed by atoms with E-state index in [0.29, 0.717) is 17.0 Å². The third-order valence-corrected chi connectivity index (χ3v) is 5.60. The summed E-state index contributed by atoms with van der Waals surface area (Å²) in [5.74, 6) is -0.237. The quantitative estimate of drug-likeness (QED) is 0.307. The standard InChI is InChI=1S/C26H21F2N7O4/c1-29-24(36)15-4-6-16(7-5-15)38-17-8-9-21(39-26(27)28)18(12-17)22-20(14-34(2)33-22)32-25(37)19-13-31-35-11-3-10-30-23(19)35/h3-14,26H,1-2H3,(H,29,36)(H,32,37). The number of aryl methyl sites for hydroxylation is 1. The Morgan fingerprint density at radius 1 is 1.05 bits per heavy atom. The number of fused-ring (bicyclic) bond motifs is 1. The summed E-state index contributed by atoms with van der Waals surface area (Å²) in [6.45, 7) is -3.10. The van der Waals surface area contributed by atoms with Gasteiger partial charge in [0.1, 0.15) is 28.5 Å². The maximum absolute atomic E-state index is 13.2. The lowest BCUT2D eigenvalue weighted by molar-refractivity contribution is -0.0494. The van der Waals surface area contributed by atoms with Gasteiger partial charge in [0.05, 0.1) is 17.4 Å². The van der Waals surface area contributed by atoms with Crippen LogP contribution in [-0.4, -0.2) is 49.9 Å². The van der Waals surface area contributed by atoms with Crippen molar-refractivity contribution in [2.24, 2.45) is 7.05 Å². The zero-order valence-corrected chi connectivity index (χ0v) is 20.6. The van der Waals surface area contributed by atoms with Crippen molar-refractivity contribution in [3.63, 3.8) is 0 Å². The van der Waals surface area contributed by atoms with Gasteiger partial charge in [-0.15, -0.1) is 0 Å². The number of nitrogens with one attached hydrogen (secondary N) is 2. The number of halogens is 2. The molecule has 5 rings (SSSR count). The van der Waals surface area contributed by atoms with Gasteiger partial charge in [-0.25, -0.2) is 9.50 Å². The Kier molecular flexibility index (Phi) is 6.87. The number of aromatic nitrogens is 5. The maximum Gasteiger partial charge on any atom is 0.387 e. The zero-order chi connectivity index (χ0) is 27.5. The Morgan fingerprint density at radius 3 is 2.56 bits per heavy atom. The van der Waals surface area contributed by atoms with E-state index in [1.807, 2.05) is 0 Å². The molecule has 0 saturated heterocycles. The Bertz CT molecular complexity index is 1660. The Hall–Kier alpha value is -5.33. The van der Waals surface area contributed by atoms with Crippen LogP contribution in [0.25, 0.3) is 16.9 Å². The van der Waals surface area contributed by atoms with E-state index in [1.54, 1.807) is 43.6 Å². The van der Waals surface area contributed by atoms with Crippen LogP contribution >= 0.6 is 0 Å². The second-order valence-corrected chi connectivity index (χ2v) is 8.21. The van der Waals surface area contributed by atoms with Gasteiger partial charge in [0.25, 0.3) is 11.8 Å². The molecule has 2 aromatic carbocycles. The van der Waals surface area contributed by atoms with Crippen molar-refractivity contribution in [2.75, 3.05) is 12.4 Å². The predicted octanol–water partition coefficient (Wildman–Crippen LogP) is 4.14. The normalized spacial score (nSPS) is 11.0. The highest BCUT2D eigenvalue weighted by Crippen LogP contribution is 2.38. The van der Waals surface area contributed by atoms with E-state index in [9.17, 15) is 18.4 Å². The van der Waals surface area contributed by atoms with Gasteiger partial charge >= 0.3 is 6.61 Å². The van der Waals surface area contributed by atoms with Gasteiger partial charge in [0.2, 0.25) is 0 Å². The summed E-state index contributed by atoms with van der Waals surface area (Å²) in [6, 6.07) is 12.3. The van der Waals surface area contributed by atoms with Crippen LogP contribution in [0.1, 0.15) is 20.7 Å². The van der Waals surface area contributed by atoms with Crippen LogP contribution in [0, 0.1) is 0 Å². The number of nitrogens with zero attached hydrogens (tertiary/aromatic N) is 5. The Balaban J connectivity index is 1.48. The van der Waals surface area contributed by atoms with Crippen molar-refractivity contribution in [1.29, 1.82) is 0 Å². The summed E-state index contributed by atoms with van der Waals surface area (Å²) in [6.07, 6.45) is 6.10. The van der Waals surface area contributed by atoms with E-state index in [0.717, 1.165) is 0 Å². The number of benzene rings is 2. The predicted molar refractivity (Wildman–Crippen MR) is 136 cm³/mol. The van der Waals surface area contributed by atoms with Gasteiger partial charge in [-0.1, -0.05) is 0 Å². The van der Waals surface area contributed by atoms with Crippen molar-refractivity contribution < 1.29 is 27.8 Å². The van der Waals surface area contributed by atoms with Gasteiger partial charge < -0.3 is 20.1 Å². The molecule has 198 valence electrons.